The van der Waals surface area contributed by atoms with E-state index in [1.54, 1.807) is 0 Å². The summed E-state index contributed by atoms with van der Waals surface area (Å²) in [7, 11) is 0. The standard InChI is InChI=1S/C11H12N2O3S/c1-7(14)17-8-4-11(16)13(6-8)9-5-12-3-2-10(9)15/h2-3,5,8H,4,6H2,1H3,(H,12,15). The van der Waals surface area contributed by atoms with E-state index in [2.05, 4.69) is 4.98 Å². The van der Waals surface area contributed by atoms with Crippen LogP contribution in [0.4, 0.5) is 5.69 Å². The van der Waals surface area contributed by atoms with Gasteiger partial charge in [-0.05, 0) is 0 Å². The molecule has 0 aliphatic carbocycles. The van der Waals surface area contributed by atoms with Crippen LogP contribution in [0.5, 0.6) is 0 Å². The van der Waals surface area contributed by atoms with Gasteiger partial charge in [0, 0.05) is 43.6 Å². The van der Waals surface area contributed by atoms with Crippen molar-refractivity contribution in [2.45, 2.75) is 18.6 Å². The number of carbonyl (C=O) groups excluding carboxylic acids is 2. The Morgan fingerprint density at radius 2 is 2.29 bits per heavy atom. The van der Waals surface area contributed by atoms with E-state index in [4.69, 9.17) is 0 Å². The van der Waals surface area contributed by atoms with Gasteiger partial charge in [0.15, 0.2) is 5.12 Å². The summed E-state index contributed by atoms with van der Waals surface area (Å²) >= 11 is 1.16. The lowest BCUT2D eigenvalue weighted by molar-refractivity contribution is -0.117. The summed E-state index contributed by atoms with van der Waals surface area (Å²) in [5.41, 5.74) is 0.162. The molecular formula is C11H12N2O3S. The van der Waals surface area contributed by atoms with Crippen LogP contribution in [0.25, 0.3) is 0 Å². The first-order chi connectivity index (χ1) is 8.08. The molecule has 1 fully saturated rings. The molecule has 2 heterocycles. The van der Waals surface area contributed by atoms with Gasteiger partial charge in [0.05, 0.1) is 0 Å². The van der Waals surface area contributed by atoms with Crippen molar-refractivity contribution >= 4 is 28.5 Å². The highest BCUT2D eigenvalue weighted by Gasteiger charge is 2.32. The van der Waals surface area contributed by atoms with Crippen LogP contribution in [0, 0.1) is 0 Å². The molecule has 0 spiro atoms. The highest BCUT2D eigenvalue weighted by atomic mass is 32.2. The molecule has 0 saturated carbocycles. The SMILES string of the molecule is CC(=O)SC1CC(=O)N(c2c[nH]ccc2=O)C1. The van der Waals surface area contributed by atoms with Crippen LogP contribution in [0.3, 0.4) is 0 Å². The zero-order chi connectivity index (χ0) is 12.4. The normalized spacial score (nSPS) is 19.7. The minimum Gasteiger partial charge on any atom is -0.366 e. The number of pyridine rings is 1. The van der Waals surface area contributed by atoms with Gasteiger partial charge in [0.25, 0.3) is 0 Å². The van der Waals surface area contributed by atoms with Crippen molar-refractivity contribution in [3.8, 4) is 0 Å². The minimum atomic E-state index is -0.189. The van der Waals surface area contributed by atoms with E-state index in [0.717, 1.165) is 11.8 Å². The molecule has 1 atom stereocenters. The van der Waals surface area contributed by atoms with Crippen LogP contribution in [-0.2, 0) is 9.59 Å². The summed E-state index contributed by atoms with van der Waals surface area (Å²) in [6, 6.07) is 1.38. The zero-order valence-electron chi connectivity index (χ0n) is 9.30. The molecule has 90 valence electrons. The van der Waals surface area contributed by atoms with E-state index in [1.165, 1.54) is 30.3 Å². The van der Waals surface area contributed by atoms with E-state index >= 15 is 0 Å². The Labute approximate surface area is 102 Å². The number of amides is 1. The Morgan fingerprint density at radius 3 is 2.94 bits per heavy atom. The van der Waals surface area contributed by atoms with Gasteiger partial charge in [-0.1, -0.05) is 11.8 Å². The number of thioether (sulfide) groups is 1. The summed E-state index contributed by atoms with van der Waals surface area (Å²) in [5, 5.41) is -0.0637. The number of nitrogens with zero attached hydrogens (tertiary/aromatic N) is 1. The highest BCUT2D eigenvalue weighted by molar-refractivity contribution is 8.14. The molecule has 5 nitrogen and oxygen atoms in total. The van der Waals surface area contributed by atoms with Crippen LogP contribution in [-0.4, -0.2) is 27.8 Å². The number of hydrogen-bond donors (Lipinski definition) is 1. The summed E-state index contributed by atoms with van der Waals surface area (Å²) < 4.78 is 0. The van der Waals surface area contributed by atoms with E-state index in [-0.39, 0.29) is 21.7 Å². The van der Waals surface area contributed by atoms with E-state index in [0.29, 0.717) is 18.7 Å². The minimum absolute atomic E-state index is 0.00776. The molecule has 1 aromatic rings. The lowest BCUT2D eigenvalue weighted by Crippen LogP contribution is -2.29. The van der Waals surface area contributed by atoms with Crippen molar-refractivity contribution in [3.63, 3.8) is 0 Å². The first-order valence-electron chi connectivity index (χ1n) is 5.22. The molecule has 17 heavy (non-hydrogen) atoms. The largest absolute Gasteiger partial charge is 0.366 e. The second-order valence-electron chi connectivity index (χ2n) is 3.83. The Balaban J connectivity index is 2.19. The molecule has 2 rings (SSSR count). The highest BCUT2D eigenvalue weighted by Crippen LogP contribution is 2.26. The first kappa shape index (κ1) is 11.9. The molecule has 1 N–H and O–H groups in total. The van der Waals surface area contributed by atoms with Crippen LogP contribution in [0.1, 0.15) is 13.3 Å². The first-order valence-corrected chi connectivity index (χ1v) is 6.10. The number of aromatic amines is 1. The fourth-order valence-electron chi connectivity index (χ4n) is 1.84. The van der Waals surface area contributed by atoms with Crippen molar-refractivity contribution in [2.24, 2.45) is 0 Å². The molecule has 6 heteroatoms. The van der Waals surface area contributed by atoms with Gasteiger partial charge >= 0.3 is 0 Å². The molecule has 1 saturated heterocycles. The maximum absolute atomic E-state index is 11.8. The third-order valence-corrected chi connectivity index (χ3v) is 3.50. The number of hydrogen-bond acceptors (Lipinski definition) is 4. The molecule has 1 aliphatic heterocycles. The van der Waals surface area contributed by atoms with Crippen LogP contribution >= 0.6 is 11.8 Å². The average Bonchev–Trinajstić information content (AvgIpc) is 2.59. The van der Waals surface area contributed by atoms with Gasteiger partial charge in [-0.3, -0.25) is 14.4 Å². The smallest absolute Gasteiger partial charge is 0.228 e. The summed E-state index contributed by atoms with van der Waals surface area (Å²) in [4.78, 5) is 38.6. The third-order valence-electron chi connectivity index (χ3n) is 2.52. The second-order valence-corrected chi connectivity index (χ2v) is 5.31. The number of anilines is 1. The molecule has 0 bridgehead atoms. The molecule has 1 aromatic heterocycles. The van der Waals surface area contributed by atoms with Crippen LogP contribution in [0.2, 0.25) is 0 Å². The molecule has 1 amide bonds. The summed E-state index contributed by atoms with van der Waals surface area (Å²) in [6.45, 7) is 1.89. The fourth-order valence-corrected chi connectivity index (χ4v) is 2.76. The number of carbonyl (C=O) groups is 2. The lowest BCUT2D eigenvalue weighted by Gasteiger charge is -2.14. The summed E-state index contributed by atoms with van der Waals surface area (Å²) in [5.74, 6) is -0.111. The zero-order valence-corrected chi connectivity index (χ0v) is 10.1. The topological polar surface area (TPSA) is 70.2 Å². The van der Waals surface area contributed by atoms with Gasteiger partial charge in [-0.25, -0.2) is 0 Å². The Hall–Kier alpha value is -1.56. The Morgan fingerprint density at radius 1 is 1.53 bits per heavy atom. The van der Waals surface area contributed by atoms with Crippen molar-refractivity contribution in [2.75, 3.05) is 11.4 Å². The van der Waals surface area contributed by atoms with Crippen molar-refractivity contribution in [3.05, 3.63) is 28.7 Å². The molecule has 0 aromatic carbocycles. The van der Waals surface area contributed by atoms with Crippen LogP contribution < -0.4 is 10.3 Å². The summed E-state index contributed by atoms with van der Waals surface area (Å²) in [6.07, 6.45) is 3.34. The van der Waals surface area contributed by atoms with Gasteiger partial charge in [0.2, 0.25) is 11.3 Å². The van der Waals surface area contributed by atoms with Crippen molar-refractivity contribution in [1.82, 2.24) is 4.98 Å². The average molecular weight is 252 g/mol. The van der Waals surface area contributed by atoms with Crippen molar-refractivity contribution < 1.29 is 9.59 Å². The number of aromatic nitrogens is 1. The number of H-pyrrole nitrogens is 1. The Kier molecular flexibility index (Phi) is 3.33. The second kappa shape index (κ2) is 4.75. The van der Waals surface area contributed by atoms with Gasteiger partial charge < -0.3 is 9.88 Å². The van der Waals surface area contributed by atoms with Gasteiger partial charge in [-0.15, -0.1) is 0 Å². The third kappa shape index (κ3) is 2.58. The van der Waals surface area contributed by atoms with E-state index < -0.39 is 0 Å². The van der Waals surface area contributed by atoms with E-state index in [9.17, 15) is 14.4 Å². The molecule has 1 unspecified atom stereocenters. The molecule has 1 aliphatic rings. The fraction of sp³-hybridized carbons (Fsp3) is 0.364. The lowest BCUT2D eigenvalue weighted by atomic mass is 10.3. The Bertz CT molecular complexity index is 511. The van der Waals surface area contributed by atoms with E-state index in [1.807, 2.05) is 0 Å². The maximum Gasteiger partial charge on any atom is 0.228 e. The maximum atomic E-state index is 11.8. The quantitative estimate of drug-likeness (QED) is 0.843. The van der Waals surface area contributed by atoms with Gasteiger partial charge in [0.1, 0.15) is 5.69 Å². The molecular weight excluding hydrogens is 240 g/mol. The van der Waals surface area contributed by atoms with Crippen molar-refractivity contribution in [1.29, 1.82) is 0 Å². The predicted molar refractivity (Wildman–Crippen MR) is 66.1 cm³/mol. The predicted octanol–water partition coefficient (Wildman–Crippen LogP) is 0.760. The molecule has 0 radical (unpaired) electrons. The van der Waals surface area contributed by atoms with Gasteiger partial charge in [-0.2, -0.15) is 0 Å². The number of rotatable bonds is 2. The monoisotopic (exact) mass is 252 g/mol. The van der Waals surface area contributed by atoms with Crippen LogP contribution in [0.15, 0.2) is 23.3 Å². The number of nitrogens with one attached hydrogen (secondary N) is 1.